The second-order valence-electron chi connectivity index (χ2n) is 6.10. The van der Waals surface area contributed by atoms with E-state index in [0.29, 0.717) is 24.4 Å². The zero-order valence-corrected chi connectivity index (χ0v) is 13.5. The lowest BCUT2D eigenvalue weighted by atomic mass is 9.98. The van der Waals surface area contributed by atoms with Crippen molar-refractivity contribution in [1.82, 2.24) is 9.88 Å². The highest BCUT2D eigenvalue weighted by Gasteiger charge is 2.23. The van der Waals surface area contributed by atoms with E-state index in [1.165, 1.54) is 6.42 Å². The van der Waals surface area contributed by atoms with Crippen LogP contribution in [0.5, 0.6) is 0 Å². The molecule has 1 aliphatic rings. The summed E-state index contributed by atoms with van der Waals surface area (Å²) in [6.45, 7) is 6.54. The number of amides is 1. The van der Waals surface area contributed by atoms with Crippen LogP contribution in [0.4, 0.5) is 0 Å². The molecule has 1 saturated heterocycles. The van der Waals surface area contributed by atoms with Crippen molar-refractivity contribution in [2.45, 2.75) is 58.9 Å². The van der Waals surface area contributed by atoms with Gasteiger partial charge in [0.2, 0.25) is 5.91 Å². The van der Waals surface area contributed by atoms with Gasteiger partial charge in [0.1, 0.15) is 11.6 Å². The van der Waals surface area contributed by atoms with Crippen molar-refractivity contribution < 1.29 is 4.79 Å². The van der Waals surface area contributed by atoms with Gasteiger partial charge in [-0.1, -0.05) is 0 Å². The zero-order chi connectivity index (χ0) is 16.3. The maximum atomic E-state index is 12.4. The van der Waals surface area contributed by atoms with Gasteiger partial charge in [-0.15, -0.1) is 0 Å². The molecule has 118 valence electrons. The topological polar surface area (TPSA) is 77.0 Å². The number of nitrogens with one attached hydrogen (secondary N) is 1. The summed E-state index contributed by atoms with van der Waals surface area (Å²) in [7, 11) is 0. The van der Waals surface area contributed by atoms with E-state index in [1.807, 2.05) is 17.9 Å². The molecule has 0 aliphatic carbocycles. The average molecular weight is 301 g/mol. The molecule has 0 radical (unpaired) electrons. The molecule has 5 nitrogen and oxygen atoms in total. The number of H-pyrrole nitrogens is 1. The lowest BCUT2D eigenvalue weighted by molar-refractivity contribution is -0.134. The summed E-state index contributed by atoms with van der Waals surface area (Å²) in [4.78, 5) is 28.8. The van der Waals surface area contributed by atoms with Crippen molar-refractivity contribution in [3.63, 3.8) is 0 Å². The highest BCUT2D eigenvalue weighted by atomic mass is 16.2. The summed E-state index contributed by atoms with van der Waals surface area (Å²) in [6.07, 6.45) is 4.31. The first-order chi connectivity index (χ1) is 10.5. The van der Waals surface area contributed by atoms with Crippen LogP contribution in [-0.2, 0) is 11.2 Å². The van der Waals surface area contributed by atoms with Crippen LogP contribution in [0.15, 0.2) is 4.79 Å². The number of carbonyl (C=O) groups is 1. The SMILES string of the molecule is Cc1[nH]c(=O)c(C#N)c(C)c1CCC(=O)N1CCCCC1C. The summed E-state index contributed by atoms with van der Waals surface area (Å²) in [5.41, 5.74) is 2.16. The fraction of sp³-hybridized carbons (Fsp3) is 0.588. The van der Waals surface area contributed by atoms with Gasteiger partial charge in [-0.3, -0.25) is 9.59 Å². The number of hydrogen-bond acceptors (Lipinski definition) is 3. The number of pyridine rings is 1. The van der Waals surface area contributed by atoms with E-state index >= 15 is 0 Å². The van der Waals surface area contributed by atoms with Crippen LogP contribution >= 0.6 is 0 Å². The average Bonchev–Trinajstić information content (AvgIpc) is 2.47. The summed E-state index contributed by atoms with van der Waals surface area (Å²) >= 11 is 0. The summed E-state index contributed by atoms with van der Waals surface area (Å²) in [5, 5.41) is 9.09. The Hall–Kier alpha value is -2.09. The third-order valence-electron chi connectivity index (χ3n) is 4.63. The quantitative estimate of drug-likeness (QED) is 0.929. The first-order valence-electron chi connectivity index (χ1n) is 7.87. The second kappa shape index (κ2) is 6.78. The molecule has 1 atom stereocenters. The first-order valence-corrected chi connectivity index (χ1v) is 7.87. The summed E-state index contributed by atoms with van der Waals surface area (Å²) in [5.74, 6) is 0.163. The smallest absolute Gasteiger partial charge is 0.266 e. The molecule has 0 saturated carbocycles. The lowest BCUT2D eigenvalue weighted by Crippen LogP contribution is -2.42. The van der Waals surface area contributed by atoms with E-state index in [2.05, 4.69) is 11.9 Å². The van der Waals surface area contributed by atoms with Crippen LogP contribution in [0.1, 0.15) is 55.0 Å². The fourth-order valence-electron chi connectivity index (χ4n) is 3.26. The maximum absolute atomic E-state index is 12.4. The molecule has 0 bridgehead atoms. The van der Waals surface area contributed by atoms with E-state index in [-0.39, 0.29) is 17.0 Å². The Labute approximate surface area is 130 Å². The van der Waals surface area contributed by atoms with E-state index in [9.17, 15) is 9.59 Å². The first kappa shape index (κ1) is 16.3. The van der Waals surface area contributed by atoms with Crippen LogP contribution in [0.2, 0.25) is 0 Å². The normalized spacial score (nSPS) is 18.1. The number of aromatic nitrogens is 1. The van der Waals surface area contributed by atoms with Crippen molar-refractivity contribution in [1.29, 1.82) is 5.26 Å². The van der Waals surface area contributed by atoms with Crippen molar-refractivity contribution >= 4 is 5.91 Å². The Balaban J connectivity index is 2.13. The van der Waals surface area contributed by atoms with Crippen LogP contribution in [0.25, 0.3) is 0 Å². The van der Waals surface area contributed by atoms with Gasteiger partial charge in [0.15, 0.2) is 0 Å². The third kappa shape index (κ3) is 3.22. The number of likely N-dealkylation sites (tertiary alicyclic amines) is 1. The number of hydrogen-bond donors (Lipinski definition) is 1. The number of piperidine rings is 1. The van der Waals surface area contributed by atoms with Gasteiger partial charge < -0.3 is 9.88 Å². The largest absolute Gasteiger partial charge is 0.340 e. The number of aromatic amines is 1. The predicted molar refractivity (Wildman–Crippen MR) is 84.6 cm³/mol. The van der Waals surface area contributed by atoms with E-state index in [1.54, 1.807) is 6.92 Å². The van der Waals surface area contributed by atoms with Crippen LogP contribution in [0, 0.1) is 25.2 Å². The molecular formula is C17H23N3O2. The Bertz CT molecular complexity index is 670. The minimum atomic E-state index is -0.350. The number of aryl methyl sites for hydroxylation is 1. The number of rotatable bonds is 3. The van der Waals surface area contributed by atoms with Gasteiger partial charge >= 0.3 is 0 Å². The molecule has 1 aromatic heterocycles. The fourth-order valence-corrected chi connectivity index (χ4v) is 3.26. The van der Waals surface area contributed by atoms with Crippen molar-refractivity contribution in [2.24, 2.45) is 0 Å². The maximum Gasteiger partial charge on any atom is 0.266 e. The van der Waals surface area contributed by atoms with Crippen molar-refractivity contribution in [2.75, 3.05) is 6.54 Å². The predicted octanol–water partition coefficient (Wildman–Crippen LogP) is 2.20. The molecule has 2 heterocycles. The zero-order valence-electron chi connectivity index (χ0n) is 13.5. The molecular weight excluding hydrogens is 278 g/mol. The molecule has 0 aromatic carbocycles. The van der Waals surface area contributed by atoms with E-state index < -0.39 is 0 Å². The third-order valence-corrected chi connectivity index (χ3v) is 4.63. The van der Waals surface area contributed by atoms with Gasteiger partial charge in [0.05, 0.1) is 0 Å². The number of carbonyl (C=O) groups excluding carboxylic acids is 1. The Morgan fingerprint density at radius 1 is 1.41 bits per heavy atom. The van der Waals surface area contributed by atoms with E-state index in [4.69, 9.17) is 5.26 Å². The summed E-state index contributed by atoms with van der Waals surface area (Å²) in [6, 6.07) is 2.26. The summed E-state index contributed by atoms with van der Waals surface area (Å²) < 4.78 is 0. The van der Waals surface area contributed by atoms with Crippen LogP contribution in [-0.4, -0.2) is 28.4 Å². The molecule has 1 unspecified atom stereocenters. The molecule has 1 fully saturated rings. The van der Waals surface area contributed by atoms with Gasteiger partial charge in [-0.25, -0.2) is 0 Å². The van der Waals surface area contributed by atoms with Gasteiger partial charge in [-0.2, -0.15) is 5.26 Å². The Morgan fingerprint density at radius 2 is 2.14 bits per heavy atom. The minimum absolute atomic E-state index is 0.152. The Kier molecular flexibility index (Phi) is 5.02. The Morgan fingerprint density at radius 3 is 2.77 bits per heavy atom. The monoisotopic (exact) mass is 301 g/mol. The molecule has 2 rings (SSSR count). The van der Waals surface area contributed by atoms with Crippen LogP contribution in [0.3, 0.4) is 0 Å². The second-order valence-corrected chi connectivity index (χ2v) is 6.10. The van der Waals surface area contributed by atoms with Gasteiger partial charge in [-0.05, 0) is 57.6 Å². The van der Waals surface area contributed by atoms with Crippen LogP contribution < -0.4 is 5.56 Å². The van der Waals surface area contributed by atoms with Gasteiger partial charge in [0, 0.05) is 24.7 Å². The number of nitriles is 1. The van der Waals surface area contributed by atoms with Crippen molar-refractivity contribution in [3.05, 3.63) is 32.7 Å². The molecule has 5 heteroatoms. The standard InChI is InChI=1S/C17H23N3O2/c1-11-6-4-5-9-20(11)16(21)8-7-14-12(2)15(10-18)17(22)19-13(14)3/h11H,4-9H2,1-3H3,(H,19,22). The molecule has 1 aromatic rings. The molecule has 1 N–H and O–H groups in total. The lowest BCUT2D eigenvalue weighted by Gasteiger charge is -2.33. The molecule has 22 heavy (non-hydrogen) atoms. The molecule has 1 amide bonds. The number of nitrogens with zero attached hydrogens (tertiary/aromatic N) is 2. The highest BCUT2D eigenvalue weighted by molar-refractivity contribution is 5.77. The minimum Gasteiger partial charge on any atom is -0.340 e. The molecule has 0 spiro atoms. The van der Waals surface area contributed by atoms with Crippen molar-refractivity contribution in [3.8, 4) is 6.07 Å². The molecule has 1 aliphatic heterocycles. The van der Waals surface area contributed by atoms with Gasteiger partial charge in [0.25, 0.3) is 5.56 Å². The highest BCUT2D eigenvalue weighted by Crippen LogP contribution is 2.20. The van der Waals surface area contributed by atoms with E-state index in [0.717, 1.165) is 30.6 Å².